The molecule has 8 rings (SSSR count). The minimum absolute atomic E-state index is 0.421. The summed E-state index contributed by atoms with van der Waals surface area (Å²) in [5.74, 6) is 4.41. The smallest absolute Gasteiger partial charge is 0.164 e. The summed E-state index contributed by atoms with van der Waals surface area (Å²) in [6.45, 7) is 3.77. The predicted molar refractivity (Wildman–Crippen MR) is 225 cm³/mol. The maximum Gasteiger partial charge on any atom is 0.164 e. The summed E-state index contributed by atoms with van der Waals surface area (Å²) in [7, 11) is 6.94. The zero-order valence-corrected chi connectivity index (χ0v) is 34.1. The Balaban J connectivity index is 0.988. The fourth-order valence-electron chi connectivity index (χ4n) is 8.53. The minimum Gasteiger partial charge on any atom is -0.493 e. The van der Waals surface area contributed by atoms with Gasteiger partial charge in [0.25, 0.3) is 0 Å². The third kappa shape index (κ3) is 8.22. The van der Waals surface area contributed by atoms with Gasteiger partial charge in [0.05, 0.1) is 28.4 Å². The second kappa shape index (κ2) is 16.7. The molecule has 0 N–H and O–H groups in total. The molecule has 1 saturated heterocycles. The zero-order valence-electron chi connectivity index (χ0n) is 32.5. The van der Waals surface area contributed by atoms with E-state index in [1.165, 1.54) is 71.2 Å². The van der Waals surface area contributed by atoms with Crippen molar-refractivity contribution in [1.29, 1.82) is 0 Å². The van der Waals surface area contributed by atoms with Gasteiger partial charge in [-0.2, -0.15) is 0 Å². The van der Waals surface area contributed by atoms with Crippen molar-refractivity contribution in [2.45, 2.75) is 75.9 Å². The lowest BCUT2D eigenvalue weighted by molar-refractivity contribution is 0.200. The lowest BCUT2D eigenvalue weighted by Crippen LogP contribution is -2.44. The van der Waals surface area contributed by atoms with Crippen molar-refractivity contribution < 1.29 is 18.9 Å². The molecule has 4 aromatic carbocycles. The first-order chi connectivity index (χ1) is 26.9. The van der Waals surface area contributed by atoms with E-state index >= 15 is 0 Å². The molecule has 8 heteroatoms. The minimum atomic E-state index is 0.421. The normalized spacial score (nSPS) is 16.4. The predicted octanol–water partition coefficient (Wildman–Crippen LogP) is 11.0. The number of hydrogen-bond donors (Lipinski definition) is 0. The van der Waals surface area contributed by atoms with Crippen molar-refractivity contribution in [1.82, 2.24) is 9.88 Å². The Morgan fingerprint density at radius 3 is 1.84 bits per heavy atom. The van der Waals surface area contributed by atoms with Crippen LogP contribution in [0.25, 0.3) is 22.3 Å². The van der Waals surface area contributed by atoms with Crippen LogP contribution in [0, 0.1) is 0 Å². The molecule has 3 fully saturated rings. The highest BCUT2D eigenvalue weighted by molar-refractivity contribution is 9.10. The number of anilines is 1. The van der Waals surface area contributed by atoms with Crippen molar-refractivity contribution in [3.05, 3.63) is 118 Å². The second-order valence-corrected chi connectivity index (χ2v) is 16.3. The highest BCUT2D eigenvalue weighted by atomic mass is 79.9. The first-order valence-electron chi connectivity index (χ1n) is 19.7. The zero-order chi connectivity index (χ0) is 37.9. The SMILES string of the molecule is COc1cc(-c2cccc(CN(c3ccc(Br)cc3)C3CCN(Cc4cncc(-c5cc(OC)c(OC)c(C6CC6)c5)c4)CC3)c2)cc(C2CCC2)c1OC. The van der Waals surface area contributed by atoms with Crippen LogP contribution in [0.5, 0.6) is 23.0 Å². The molecule has 2 heterocycles. The Bertz CT molecular complexity index is 2100. The third-order valence-electron chi connectivity index (χ3n) is 11.9. The fourth-order valence-corrected chi connectivity index (χ4v) is 8.79. The molecular formula is C47H52BrN3O4. The molecule has 7 nitrogen and oxygen atoms in total. The number of pyridine rings is 1. The Morgan fingerprint density at radius 2 is 1.25 bits per heavy atom. The quantitative estimate of drug-likeness (QED) is 0.111. The van der Waals surface area contributed by atoms with Crippen LogP contribution < -0.4 is 23.8 Å². The van der Waals surface area contributed by atoms with Gasteiger partial charge in [-0.05, 0) is 139 Å². The van der Waals surface area contributed by atoms with Crippen molar-refractivity contribution >= 4 is 21.6 Å². The number of ether oxygens (including phenoxy) is 4. The van der Waals surface area contributed by atoms with Crippen molar-refractivity contribution in [3.8, 4) is 45.3 Å². The first kappa shape index (κ1) is 37.4. The number of methoxy groups -OCH3 is 4. The van der Waals surface area contributed by atoms with Gasteiger partial charge in [-0.1, -0.05) is 40.5 Å². The fraction of sp³-hybridized carbons (Fsp3) is 0.383. The maximum absolute atomic E-state index is 5.86. The monoisotopic (exact) mass is 801 g/mol. The summed E-state index contributed by atoms with van der Waals surface area (Å²) < 4.78 is 24.3. The van der Waals surface area contributed by atoms with Gasteiger partial charge in [0.15, 0.2) is 23.0 Å². The van der Waals surface area contributed by atoms with Gasteiger partial charge in [-0.3, -0.25) is 9.88 Å². The van der Waals surface area contributed by atoms with Gasteiger partial charge in [0.1, 0.15) is 0 Å². The van der Waals surface area contributed by atoms with Crippen LogP contribution >= 0.6 is 15.9 Å². The lowest BCUT2D eigenvalue weighted by atomic mass is 9.78. The lowest BCUT2D eigenvalue weighted by Gasteiger charge is -2.40. The van der Waals surface area contributed by atoms with Gasteiger partial charge in [0, 0.05) is 71.5 Å². The molecule has 0 unspecified atom stereocenters. The standard InChI is InChI=1S/C47H52BrN3O4/c1-52-44-25-36(23-42(46(44)54-3)33-8-6-9-33)35-10-5-7-31(21-35)30-51(40-15-13-39(48)14-16-40)41-17-19-50(20-18-41)29-32-22-38(28-49-27-32)37-24-43(34-11-12-34)47(55-4)45(26-37)53-2/h5,7,10,13-16,21-28,33-34,41H,6,8-9,11-12,17-20,29-30H2,1-4H3. The van der Waals surface area contributed by atoms with Gasteiger partial charge in [0.2, 0.25) is 0 Å². The van der Waals surface area contributed by atoms with Crippen LogP contribution in [0.2, 0.25) is 0 Å². The second-order valence-electron chi connectivity index (χ2n) is 15.4. The number of halogens is 1. The highest BCUT2D eigenvalue weighted by Crippen LogP contribution is 2.49. The van der Waals surface area contributed by atoms with Crippen LogP contribution in [-0.2, 0) is 13.1 Å². The van der Waals surface area contributed by atoms with E-state index in [2.05, 4.69) is 105 Å². The Kier molecular flexibility index (Phi) is 11.3. The number of likely N-dealkylation sites (tertiary alicyclic amines) is 1. The van der Waals surface area contributed by atoms with E-state index in [0.717, 1.165) is 77.6 Å². The van der Waals surface area contributed by atoms with Crippen LogP contribution in [-0.4, -0.2) is 57.5 Å². The molecule has 0 atom stereocenters. The summed E-state index contributed by atoms with van der Waals surface area (Å²) >= 11 is 3.66. The average molecular weight is 803 g/mol. The Morgan fingerprint density at radius 1 is 0.636 bits per heavy atom. The summed E-state index contributed by atoms with van der Waals surface area (Å²) in [6.07, 6.45) is 12.2. The largest absolute Gasteiger partial charge is 0.493 e. The molecule has 286 valence electrons. The molecule has 0 radical (unpaired) electrons. The van der Waals surface area contributed by atoms with E-state index < -0.39 is 0 Å². The van der Waals surface area contributed by atoms with E-state index in [1.54, 1.807) is 28.4 Å². The maximum atomic E-state index is 5.86. The molecule has 2 aliphatic carbocycles. The number of rotatable bonds is 14. The number of aromatic nitrogens is 1. The summed E-state index contributed by atoms with van der Waals surface area (Å²) in [5.41, 5.74) is 10.9. The molecule has 1 aliphatic heterocycles. The van der Waals surface area contributed by atoms with E-state index in [0.29, 0.717) is 17.9 Å². The first-order valence-corrected chi connectivity index (χ1v) is 20.5. The van der Waals surface area contributed by atoms with Crippen molar-refractivity contribution in [2.24, 2.45) is 0 Å². The molecule has 0 bridgehead atoms. The topological polar surface area (TPSA) is 56.3 Å². The summed E-state index contributed by atoms with van der Waals surface area (Å²) in [5, 5.41) is 0. The molecule has 0 spiro atoms. The molecule has 55 heavy (non-hydrogen) atoms. The van der Waals surface area contributed by atoms with E-state index in [9.17, 15) is 0 Å². The number of benzene rings is 4. The Hall–Kier alpha value is -4.53. The van der Waals surface area contributed by atoms with Crippen LogP contribution in [0.3, 0.4) is 0 Å². The highest BCUT2D eigenvalue weighted by Gasteiger charge is 2.30. The van der Waals surface area contributed by atoms with Crippen molar-refractivity contribution in [3.63, 3.8) is 0 Å². The van der Waals surface area contributed by atoms with E-state index in [4.69, 9.17) is 23.9 Å². The summed E-state index contributed by atoms with van der Waals surface area (Å²) in [4.78, 5) is 9.90. The van der Waals surface area contributed by atoms with Crippen LogP contribution in [0.4, 0.5) is 5.69 Å². The molecule has 0 amide bonds. The molecule has 3 aliphatic rings. The van der Waals surface area contributed by atoms with Crippen molar-refractivity contribution in [2.75, 3.05) is 46.4 Å². The molecule has 5 aromatic rings. The number of nitrogens with zero attached hydrogens (tertiary/aromatic N) is 3. The van der Waals surface area contributed by atoms with Gasteiger partial charge in [-0.15, -0.1) is 0 Å². The van der Waals surface area contributed by atoms with Crippen LogP contribution in [0.15, 0.2) is 95.7 Å². The van der Waals surface area contributed by atoms with E-state index in [1.807, 2.05) is 12.4 Å². The van der Waals surface area contributed by atoms with E-state index in [-0.39, 0.29) is 0 Å². The average Bonchev–Trinajstić information content (AvgIpc) is 4.05. The number of hydrogen-bond acceptors (Lipinski definition) is 7. The third-order valence-corrected chi connectivity index (χ3v) is 12.4. The number of piperidine rings is 1. The summed E-state index contributed by atoms with van der Waals surface area (Å²) in [6, 6.07) is 29.4. The van der Waals surface area contributed by atoms with Gasteiger partial charge in [-0.25, -0.2) is 0 Å². The Labute approximate surface area is 334 Å². The van der Waals surface area contributed by atoms with Gasteiger partial charge < -0.3 is 23.8 Å². The molecule has 2 saturated carbocycles. The molecular weight excluding hydrogens is 750 g/mol. The van der Waals surface area contributed by atoms with Gasteiger partial charge >= 0.3 is 0 Å². The molecule has 1 aromatic heterocycles. The van der Waals surface area contributed by atoms with Crippen LogP contribution in [0.1, 0.15) is 79.0 Å².